The van der Waals surface area contributed by atoms with E-state index in [1.165, 1.54) is 10.4 Å². The quantitative estimate of drug-likeness (QED) is 0.568. The van der Waals surface area contributed by atoms with Crippen LogP contribution in [0.25, 0.3) is 0 Å². The van der Waals surface area contributed by atoms with Gasteiger partial charge in [0, 0.05) is 13.2 Å². The Morgan fingerprint density at radius 2 is 1.57 bits per heavy atom. The van der Waals surface area contributed by atoms with Gasteiger partial charge in [-0.2, -0.15) is 0 Å². The Morgan fingerprint density at radius 3 is 2.07 bits per heavy atom. The number of benzene rings is 2. The summed E-state index contributed by atoms with van der Waals surface area (Å²) in [5.74, 6) is 0. The third-order valence-electron chi connectivity index (χ3n) is 5.77. The van der Waals surface area contributed by atoms with Crippen molar-refractivity contribution in [1.29, 1.82) is 0 Å². The number of hydrogen-bond donors (Lipinski definition) is 1. The Hall–Kier alpha value is -1.46. The zero-order valence-corrected chi connectivity index (χ0v) is 18.4. The van der Waals surface area contributed by atoms with Crippen molar-refractivity contribution in [2.24, 2.45) is 0 Å². The highest BCUT2D eigenvalue weighted by molar-refractivity contribution is 6.99. The Labute approximate surface area is 170 Å². The van der Waals surface area contributed by atoms with Crippen LogP contribution < -0.4 is 10.4 Å². The number of hydrogen-bond acceptors (Lipinski definition) is 3. The summed E-state index contributed by atoms with van der Waals surface area (Å²) in [6.07, 6.45) is 3.17. The first-order valence-electron chi connectivity index (χ1n) is 10.5. The van der Waals surface area contributed by atoms with Gasteiger partial charge in [-0.15, -0.1) is 0 Å². The molecule has 0 aromatic heterocycles. The molecule has 0 aliphatic carbocycles. The fourth-order valence-corrected chi connectivity index (χ4v) is 8.98. The summed E-state index contributed by atoms with van der Waals surface area (Å²) < 4.78 is 12.7. The highest BCUT2D eigenvalue weighted by Crippen LogP contribution is 2.36. The van der Waals surface area contributed by atoms with Crippen molar-refractivity contribution >= 4 is 18.7 Å². The first-order chi connectivity index (χ1) is 13.4. The average molecular weight is 399 g/mol. The smallest absolute Gasteiger partial charge is 0.261 e. The molecule has 1 fully saturated rings. The van der Waals surface area contributed by atoms with Gasteiger partial charge in [0.25, 0.3) is 8.32 Å². The van der Waals surface area contributed by atoms with Gasteiger partial charge >= 0.3 is 0 Å². The molecule has 1 heterocycles. The second-order valence-electron chi connectivity index (χ2n) is 8.77. The molecule has 1 N–H and O–H groups in total. The number of rotatable bonds is 7. The van der Waals surface area contributed by atoms with Crippen molar-refractivity contribution in [2.75, 3.05) is 13.2 Å². The topological polar surface area (TPSA) is 38.7 Å². The van der Waals surface area contributed by atoms with E-state index in [0.717, 1.165) is 32.3 Å². The van der Waals surface area contributed by atoms with Gasteiger partial charge in [0.2, 0.25) is 0 Å². The Bertz CT molecular complexity index is 672. The molecule has 1 saturated heterocycles. The molecule has 2 aromatic rings. The minimum absolute atomic E-state index is 0.00341. The lowest BCUT2D eigenvalue weighted by molar-refractivity contribution is -0.0783. The zero-order valence-electron chi connectivity index (χ0n) is 17.4. The van der Waals surface area contributed by atoms with Crippen LogP contribution in [0.5, 0.6) is 0 Å². The molecule has 4 heteroatoms. The predicted octanol–water partition coefficient (Wildman–Crippen LogP) is 3.88. The summed E-state index contributed by atoms with van der Waals surface area (Å²) in [6, 6.07) is 21.5. The van der Waals surface area contributed by atoms with Gasteiger partial charge in [0.05, 0.1) is 12.2 Å². The Morgan fingerprint density at radius 1 is 1.00 bits per heavy atom. The van der Waals surface area contributed by atoms with E-state index in [-0.39, 0.29) is 17.2 Å². The molecule has 0 radical (unpaired) electrons. The highest BCUT2D eigenvalue weighted by atomic mass is 28.4. The van der Waals surface area contributed by atoms with E-state index in [1.807, 2.05) is 0 Å². The summed E-state index contributed by atoms with van der Waals surface area (Å²) in [6.45, 7) is 8.34. The van der Waals surface area contributed by atoms with E-state index < -0.39 is 8.32 Å². The van der Waals surface area contributed by atoms with Gasteiger partial charge in [-0.3, -0.25) is 0 Å². The van der Waals surface area contributed by atoms with Crippen LogP contribution in [0.3, 0.4) is 0 Å². The highest BCUT2D eigenvalue weighted by Gasteiger charge is 2.49. The van der Waals surface area contributed by atoms with Gasteiger partial charge in [0.1, 0.15) is 0 Å². The summed E-state index contributed by atoms with van der Waals surface area (Å²) in [4.78, 5) is 0. The minimum Gasteiger partial charge on any atom is -0.407 e. The molecule has 2 aromatic carbocycles. The largest absolute Gasteiger partial charge is 0.407 e. The van der Waals surface area contributed by atoms with Crippen LogP contribution in [0.1, 0.15) is 46.5 Å². The monoisotopic (exact) mass is 398 g/mol. The molecule has 3 nitrogen and oxygen atoms in total. The molecular formula is C24H34O3Si. The van der Waals surface area contributed by atoms with E-state index in [2.05, 4.69) is 81.4 Å². The third-order valence-corrected chi connectivity index (χ3v) is 10.8. The van der Waals surface area contributed by atoms with Crippen LogP contribution in [0.4, 0.5) is 0 Å². The second kappa shape index (κ2) is 9.36. The standard InChI is InChI=1S/C24H34O3Si/c1-24(2,3)28(20-12-6-4-7-13-20,21-14-8-5-9-15-21)27-19-11-17-23-22(25)16-10-18-26-23/h4-9,12-15,22-23,25H,10-11,16-19H2,1-3H3/t22-,23+/m0/s1. The molecule has 0 amide bonds. The molecule has 0 bridgehead atoms. The fraction of sp³-hybridized carbons (Fsp3) is 0.500. The van der Waals surface area contributed by atoms with Crippen LogP contribution in [0.2, 0.25) is 5.04 Å². The Kier molecular flexibility index (Phi) is 7.10. The average Bonchev–Trinajstić information content (AvgIpc) is 2.70. The molecule has 3 rings (SSSR count). The maximum atomic E-state index is 10.2. The van der Waals surface area contributed by atoms with Gasteiger partial charge in [-0.25, -0.2) is 0 Å². The van der Waals surface area contributed by atoms with Crippen molar-refractivity contribution < 1.29 is 14.3 Å². The summed E-state index contributed by atoms with van der Waals surface area (Å²) in [5, 5.41) is 12.8. The van der Waals surface area contributed by atoms with Crippen molar-refractivity contribution in [3.63, 3.8) is 0 Å². The van der Waals surface area contributed by atoms with E-state index >= 15 is 0 Å². The number of aliphatic hydroxyl groups is 1. The van der Waals surface area contributed by atoms with Gasteiger partial charge in [-0.1, -0.05) is 81.4 Å². The van der Waals surface area contributed by atoms with Crippen LogP contribution >= 0.6 is 0 Å². The summed E-state index contributed by atoms with van der Waals surface area (Å²) >= 11 is 0. The normalized spacial score (nSPS) is 20.9. The van der Waals surface area contributed by atoms with E-state index in [4.69, 9.17) is 9.16 Å². The molecule has 1 aliphatic rings. The first-order valence-corrected chi connectivity index (χ1v) is 12.4. The predicted molar refractivity (Wildman–Crippen MR) is 118 cm³/mol. The van der Waals surface area contributed by atoms with Crippen LogP contribution in [-0.4, -0.2) is 38.8 Å². The van der Waals surface area contributed by atoms with Crippen LogP contribution in [-0.2, 0) is 9.16 Å². The van der Waals surface area contributed by atoms with Crippen molar-refractivity contribution in [3.8, 4) is 0 Å². The number of aliphatic hydroxyl groups excluding tert-OH is 1. The summed E-state index contributed by atoms with van der Waals surface area (Å²) in [7, 11) is -2.46. The molecule has 0 saturated carbocycles. The van der Waals surface area contributed by atoms with Crippen LogP contribution in [0.15, 0.2) is 60.7 Å². The molecule has 152 valence electrons. The molecule has 0 unspecified atom stereocenters. The zero-order chi connectivity index (χ0) is 20.0. The molecule has 1 aliphatic heterocycles. The van der Waals surface area contributed by atoms with E-state index in [9.17, 15) is 5.11 Å². The third kappa shape index (κ3) is 4.57. The van der Waals surface area contributed by atoms with E-state index in [0.29, 0.717) is 6.61 Å². The lowest BCUT2D eigenvalue weighted by atomic mass is 10.0. The lowest BCUT2D eigenvalue weighted by Gasteiger charge is -2.43. The van der Waals surface area contributed by atoms with Gasteiger partial charge in [-0.05, 0) is 41.1 Å². The lowest BCUT2D eigenvalue weighted by Crippen LogP contribution is -2.66. The maximum absolute atomic E-state index is 10.2. The van der Waals surface area contributed by atoms with Crippen molar-refractivity contribution in [1.82, 2.24) is 0 Å². The van der Waals surface area contributed by atoms with Crippen molar-refractivity contribution in [2.45, 2.75) is 63.7 Å². The van der Waals surface area contributed by atoms with Crippen LogP contribution in [0, 0.1) is 0 Å². The second-order valence-corrected chi connectivity index (χ2v) is 13.1. The molecule has 28 heavy (non-hydrogen) atoms. The minimum atomic E-state index is -2.46. The number of ether oxygens (including phenoxy) is 1. The molecular weight excluding hydrogens is 364 g/mol. The van der Waals surface area contributed by atoms with E-state index in [1.54, 1.807) is 0 Å². The molecule has 2 atom stereocenters. The van der Waals surface area contributed by atoms with Gasteiger partial charge < -0.3 is 14.3 Å². The fourth-order valence-electron chi connectivity index (χ4n) is 4.37. The van der Waals surface area contributed by atoms with Gasteiger partial charge in [0.15, 0.2) is 0 Å². The van der Waals surface area contributed by atoms with Crippen molar-refractivity contribution in [3.05, 3.63) is 60.7 Å². The Balaban J connectivity index is 1.82. The summed E-state index contributed by atoms with van der Waals surface area (Å²) in [5.41, 5.74) is 0. The SMILES string of the molecule is CC(C)(C)[Si](OCCC[C@H]1OCCC[C@@H]1O)(c1ccccc1)c1ccccc1. The maximum Gasteiger partial charge on any atom is 0.261 e. The molecule has 0 spiro atoms. The first kappa shape index (κ1) is 21.3.